The molecule has 0 fully saturated rings. The van der Waals surface area contributed by atoms with E-state index in [9.17, 15) is 0 Å². The molecule has 132 valence electrons. The van der Waals surface area contributed by atoms with E-state index in [0.717, 1.165) is 32.2 Å². The fraction of sp³-hybridized carbons (Fsp3) is 0.0476. The van der Waals surface area contributed by atoms with Crippen molar-refractivity contribution >= 4 is 38.4 Å². The summed E-state index contributed by atoms with van der Waals surface area (Å²) in [6.07, 6.45) is 3.53. The molecule has 0 aliphatic rings. The van der Waals surface area contributed by atoms with Crippen LogP contribution in [0.4, 0.5) is 5.82 Å². The number of pyridine rings is 1. The molecule has 5 nitrogen and oxygen atoms in total. The third-order valence-electron chi connectivity index (χ3n) is 4.11. The molecule has 0 atom stereocenters. The Labute approximate surface area is 165 Å². The summed E-state index contributed by atoms with van der Waals surface area (Å²) in [5.41, 5.74) is 6.70. The van der Waals surface area contributed by atoms with Crippen molar-refractivity contribution in [3.8, 4) is 11.4 Å². The van der Waals surface area contributed by atoms with Gasteiger partial charge in [-0.2, -0.15) is 5.10 Å². The first-order chi connectivity index (χ1) is 13.2. The van der Waals surface area contributed by atoms with E-state index in [1.165, 1.54) is 0 Å². The van der Waals surface area contributed by atoms with E-state index in [-0.39, 0.29) is 0 Å². The summed E-state index contributed by atoms with van der Waals surface area (Å²) in [6, 6.07) is 19.7. The third-order valence-corrected chi connectivity index (χ3v) is 4.64. The molecule has 2 aromatic heterocycles. The van der Waals surface area contributed by atoms with Gasteiger partial charge in [0.2, 0.25) is 0 Å². The molecule has 0 aliphatic carbocycles. The van der Waals surface area contributed by atoms with Crippen molar-refractivity contribution < 1.29 is 0 Å². The van der Waals surface area contributed by atoms with Crippen LogP contribution >= 0.6 is 15.9 Å². The van der Waals surface area contributed by atoms with Gasteiger partial charge in [0.1, 0.15) is 0 Å². The van der Waals surface area contributed by atoms with Crippen LogP contribution in [0.15, 0.2) is 82.6 Å². The Bertz CT molecular complexity index is 1110. The Balaban J connectivity index is 1.76. The average molecular weight is 418 g/mol. The van der Waals surface area contributed by atoms with E-state index >= 15 is 0 Å². The highest BCUT2D eigenvalue weighted by molar-refractivity contribution is 9.10. The van der Waals surface area contributed by atoms with E-state index in [4.69, 9.17) is 9.97 Å². The number of benzene rings is 2. The van der Waals surface area contributed by atoms with Gasteiger partial charge in [-0.1, -0.05) is 46.3 Å². The van der Waals surface area contributed by atoms with Crippen molar-refractivity contribution in [3.05, 3.63) is 83.1 Å². The molecule has 2 heterocycles. The van der Waals surface area contributed by atoms with Gasteiger partial charge in [-0.25, -0.2) is 9.97 Å². The third kappa shape index (κ3) is 3.85. The molecule has 6 heteroatoms. The minimum absolute atomic E-state index is 0.651. The van der Waals surface area contributed by atoms with Crippen LogP contribution < -0.4 is 5.43 Å². The van der Waals surface area contributed by atoms with Crippen molar-refractivity contribution in [1.82, 2.24) is 15.0 Å². The van der Waals surface area contributed by atoms with Crippen LogP contribution in [-0.2, 0) is 0 Å². The molecule has 2 aromatic carbocycles. The quantitative estimate of drug-likeness (QED) is 0.361. The predicted molar refractivity (Wildman–Crippen MR) is 113 cm³/mol. The zero-order valence-electron chi connectivity index (χ0n) is 14.6. The van der Waals surface area contributed by atoms with Crippen molar-refractivity contribution in [2.75, 3.05) is 5.43 Å². The van der Waals surface area contributed by atoms with Crippen LogP contribution in [0.5, 0.6) is 0 Å². The molecule has 0 radical (unpaired) electrons. The first-order valence-electron chi connectivity index (χ1n) is 8.44. The van der Waals surface area contributed by atoms with E-state index in [0.29, 0.717) is 11.6 Å². The van der Waals surface area contributed by atoms with E-state index < -0.39 is 0 Å². The maximum absolute atomic E-state index is 4.71. The number of nitrogens with one attached hydrogen (secondary N) is 1. The van der Waals surface area contributed by atoms with Gasteiger partial charge in [-0.3, -0.25) is 10.4 Å². The number of rotatable bonds is 4. The number of fused-ring (bicyclic) bond motifs is 1. The summed E-state index contributed by atoms with van der Waals surface area (Å²) in [7, 11) is 0. The summed E-state index contributed by atoms with van der Waals surface area (Å²) < 4.78 is 1.02. The monoisotopic (exact) mass is 417 g/mol. The predicted octanol–water partition coefficient (Wildman–Crippen LogP) is 5.29. The Hall–Kier alpha value is -3.12. The van der Waals surface area contributed by atoms with E-state index in [1.807, 2.05) is 67.6 Å². The SMILES string of the molecule is C/C(=N/Nc1nc(-c2ccc(Br)cc2)nc2ccccc12)c1cccnc1. The molecule has 4 aromatic rings. The lowest BCUT2D eigenvalue weighted by atomic mass is 10.2. The van der Waals surface area contributed by atoms with Gasteiger partial charge in [0, 0.05) is 33.4 Å². The van der Waals surface area contributed by atoms with Crippen LogP contribution in [0, 0.1) is 0 Å². The molecule has 0 spiro atoms. The lowest BCUT2D eigenvalue weighted by molar-refractivity contribution is 1.18. The second-order valence-corrected chi connectivity index (χ2v) is 6.89. The number of hydrogen-bond acceptors (Lipinski definition) is 5. The van der Waals surface area contributed by atoms with Crippen LogP contribution in [0.1, 0.15) is 12.5 Å². The van der Waals surface area contributed by atoms with Gasteiger partial charge in [0.05, 0.1) is 11.2 Å². The summed E-state index contributed by atoms with van der Waals surface area (Å²) in [4.78, 5) is 13.5. The summed E-state index contributed by atoms with van der Waals surface area (Å²) in [5.74, 6) is 1.32. The molecule has 27 heavy (non-hydrogen) atoms. The fourth-order valence-corrected chi connectivity index (χ4v) is 2.93. The zero-order valence-corrected chi connectivity index (χ0v) is 16.2. The van der Waals surface area contributed by atoms with Crippen molar-refractivity contribution in [1.29, 1.82) is 0 Å². The Kier molecular flexibility index (Phi) is 4.89. The molecule has 0 saturated carbocycles. The normalized spacial score (nSPS) is 11.6. The number of hydrazone groups is 1. The Morgan fingerprint density at radius 3 is 2.56 bits per heavy atom. The second-order valence-electron chi connectivity index (χ2n) is 5.97. The van der Waals surface area contributed by atoms with Gasteiger partial charge < -0.3 is 0 Å². The number of anilines is 1. The van der Waals surface area contributed by atoms with Crippen LogP contribution in [-0.4, -0.2) is 20.7 Å². The topological polar surface area (TPSA) is 63.1 Å². The number of hydrogen-bond donors (Lipinski definition) is 1. The summed E-state index contributed by atoms with van der Waals surface area (Å²) >= 11 is 3.46. The first kappa shape index (κ1) is 17.3. The van der Waals surface area contributed by atoms with Crippen molar-refractivity contribution in [2.45, 2.75) is 6.92 Å². The Morgan fingerprint density at radius 1 is 0.963 bits per heavy atom. The van der Waals surface area contributed by atoms with Crippen LogP contribution in [0.25, 0.3) is 22.3 Å². The lowest BCUT2D eigenvalue weighted by Gasteiger charge is -2.09. The van der Waals surface area contributed by atoms with E-state index in [1.54, 1.807) is 12.4 Å². The molecule has 1 N–H and O–H groups in total. The molecule has 0 aliphatic heterocycles. The number of nitrogens with zero attached hydrogens (tertiary/aromatic N) is 4. The molecule has 0 saturated heterocycles. The fourth-order valence-electron chi connectivity index (χ4n) is 2.67. The van der Waals surface area contributed by atoms with Gasteiger partial charge in [0.15, 0.2) is 11.6 Å². The molecule has 4 rings (SSSR count). The molecule has 0 unspecified atom stereocenters. The Morgan fingerprint density at radius 2 is 1.78 bits per heavy atom. The molecule has 0 amide bonds. The standard InChI is InChI=1S/C21H16BrN5/c1-14(16-5-4-12-23-13-16)26-27-21-18-6-2-3-7-19(18)24-20(25-21)15-8-10-17(22)11-9-15/h2-13H,1H3,(H,24,25,27)/b26-14-. The first-order valence-corrected chi connectivity index (χ1v) is 9.23. The van der Waals surface area contributed by atoms with Gasteiger partial charge in [-0.15, -0.1) is 0 Å². The average Bonchev–Trinajstić information content (AvgIpc) is 2.72. The number of para-hydroxylation sites is 1. The largest absolute Gasteiger partial charge is 0.264 e. The molecular formula is C21H16BrN5. The van der Waals surface area contributed by atoms with Crippen LogP contribution in [0.3, 0.4) is 0 Å². The minimum atomic E-state index is 0.651. The zero-order chi connectivity index (χ0) is 18.6. The highest BCUT2D eigenvalue weighted by Gasteiger charge is 2.09. The second kappa shape index (κ2) is 7.63. The van der Waals surface area contributed by atoms with Crippen molar-refractivity contribution in [2.24, 2.45) is 5.10 Å². The number of aromatic nitrogens is 3. The maximum Gasteiger partial charge on any atom is 0.162 e. The smallest absolute Gasteiger partial charge is 0.162 e. The highest BCUT2D eigenvalue weighted by atomic mass is 79.9. The summed E-state index contributed by atoms with van der Waals surface area (Å²) in [5, 5.41) is 5.41. The number of halogens is 1. The molecule has 0 bridgehead atoms. The van der Waals surface area contributed by atoms with Crippen LogP contribution in [0.2, 0.25) is 0 Å². The lowest BCUT2D eigenvalue weighted by Crippen LogP contribution is -2.03. The summed E-state index contributed by atoms with van der Waals surface area (Å²) in [6.45, 7) is 1.93. The van der Waals surface area contributed by atoms with Gasteiger partial charge >= 0.3 is 0 Å². The van der Waals surface area contributed by atoms with E-state index in [2.05, 4.69) is 31.4 Å². The highest BCUT2D eigenvalue weighted by Crippen LogP contribution is 2.26. The van der Waals surface area contributed by atoms with Gasteiger partial charge in [0.25, 0.3) is 0 Å². The van der Waals surface area contributed by atoms with Gasteiger partial charge in [-0.05, 0) is 37.3 Å². The maximum atomic E-state index is 4.71. The molecular weight excluding hydrogens is 402 g/mol. The minimum Gasteiger partial charge on any atom is -0.264 e. The van der Waals surface area contributed by atoms with Crippen molar-refractivity contribution in [3.63, 3.8) is 0 Å².